The minimum atomic E-state index is -3.81. The molecule has 2 aromatic rings. The maximum Gasteiger partial charge on any atom is 0.262 e. The van der Waals surface area contributed by atoms with Crippen LogP contribution in [-0.2, 0) is 10.0 Å². The highest BCUT2D eigenvalue weighted by atomic mass is 32.2. The summed E-state index contributed by atoms with van der Waals surface area (Å²) in [5, 5.41) is 0. The van der Waals surface area contributed by atoms with Crippen LogP contribution in [0.25, 0.3) is 0 Å². The molecule has 0 saturated carbocycles. The third-order valence-corrected chi connectivity index (χ3v) is 5.21. The van der Waals surface area contributed by atoms with Crippen molar-refractivity contribution in [2.24, 2.45) is 0 Å². The Hall–Kier alpha value is -2.08. The largest absolute Gasteiger partial charge is 0.372 e. The molecule has 23 heavy (non-hydrogen) atoms. The van der Waals surface area contributed by atoms with Crippen molar-refractivity contribution in [3.63, 3.8) is 0 Å². The third kappa shape index (κ3) is 4.01. The number of aryl methyl sites for hydroxylation is 1. The Balaban J connectivity index is 2.25. The van der Waals surface area contributed by atoms with Gasteiger partial charge in [0.15, 0.2) is 0 Å². The lowest BCUT2D eigenvalue weighted by Gasteiger charge is -2.21. The fourth-order valence-electron chi connectivity index (χ4n) is 2.40. The monoisotopic (exact) mass is 336 g/mol. The zero-order chi connectivity index (χ0) is 17.0. The lowest BCUT2D eigenvalue weighted by atomic mass is 10.2. The smallest absolute Gasteiger partial charge is 0.262 e. The molecular weight excluding hydrogens is 315 g/mol. The average molecular weight is 336 g/mol. The molecule has 0 bridgehead atoms. The van der Waals surface area contributed by atoms with Gasteiger partial charge in [-0.25, -0.2) is 12.8 Å². The van der Waals surface area contributed by atoms with Crippen LogP contribution in [0, 0.1) is 12.7 Å². The topological polar surface area (TPSA) is 49.4 Å². The molecule has 124 valence electrons. The number of hydrogen-bond acceptors (Lipinski definition) is 3. The quantitative estimate of drug-likeness (QED) is 0.873. The molecular formula is C17H21FN2O2S. The summed E-state index contributed by atoms with van der Waals surface area (Å²) < 4.78 is 40.7. The fraction of sp³-hybridized carbons (Fsp3) is 0.294. The lowest BCUT2D eigenvalue weighted by Crippen LogP contribution is -2.21. The Bertz CT molecular complexity index is 770. The third-order valence-electron chi connectivity index (χ3n) is 3.69. The van der Waals surface area contributed by atoms with E-state index in [0.29, 0.717) is 11.3 Å². The summed E-state index contributed by atoms with van der Waals surface area (Å²) in [5.74, 6) is -0.576. The van der Waals surface area contributed by atoms with E-state index in [-0.39, 0.29) is 4.90 Å². The highest BCUT2D eigenvalue weighted by molar-refractivity contribution is 7.92. The molecule has 0 radical (unpaired) electrons. The zero-order valence-corrected chi connectivity index (χ0v) is 14.3. The van der Waals surface area contributed by atoms with Gasteiger partial charge in [-0.15, -0.1) is 0 Å². The van der Waals surface area contributed by atoms with Crippen molar-refractivity contribution in [3.8, 4) is 0 Å². The summed E-state index contributed by atoms with van der Waals surface area (Å²) >= 11 is 0. The number of halogens is 1. The second-order valence-corrected chi connectivity index (χ2v) is 6.89. The first-order valence-corrected chi connectivity index (χ1v) is 8.99. The second kappa shape index (κ2) is 7.00. The number of rotatable bonds is 6. The summed E-state index contributed by atoms with van der Waals surface area (Å²) in [6, 6.07) is 10.9. The molecule has 0 spiro atoms. The maximum absolute atomic E-state index is 13.3. The molecule has 2 rings (SSSR count). The second-order valence-electron chi connectivity index (χ2n) is 5.23. The highest BCUT2D eigenvalue weighted by Crippen LogP contribution is 2.22. The molecule has 0 amide bonds. The van der Waals surface area contributed by atoms with Gasteiger partial charge in [0.05, 0.1) is 4.90 Å². The molecule has 1 N–H and O–H groups in total. The van der Waals surface area contributed by atoms with Gasteiger partial charge in [-0.05, 0) is 62.7 Å². The van der Waals surface area contributed by atoms with Crippen molar-refractivity contribution in [1.82, 2.24) is 0 Å². The Labute approximate surface area is 137 Å². The normalized spacial score (nSPS) is 11.3. The van der Waals surface area contributed by atoms with Crippen molar-refractivity contribution >= 4 is 21.4 Å². The molecule has 2 aromatic carbocycles. The maximum atomic E-state index is 13.3. The van der Waals surface area contributed by atoms with E-state index < -0.39 is 15.8 Å². The van der Waals surface area contributed by atoms with E-state index in [1.54, 1.807) is 19.1 Å². The molecule has 0 aliphatic heterocycles. The number of anilines is 2. The standard InChI is InChI=1S/C17H21FN2O2S/c1-4-20(5-2)16-10-8-15(9-11-16)19-23(21,22)17-12-14(18)7-6-13(17)3/h6-12,19H,4-5H2,1-3H3. The van der Waals surface area contributed by atoms with Crippen LogP contribution in [0.1, 0.15) is 19.4 Å². The number of nitrogens with zero attached hydrogens (tertiary/aromatic N) is 1. The van der Waals surface area contributed by atoms with Crippen LogP contribution < -0.4 is 9.62 Å². The Morgan fingerprint density at radius 2 is 1.65 bits per heavy atom. The van der Waals surface area contributed by atoms with Crippen LogP contribution >= 0.6 is 0 Å². The lowest BCUT2D eigenvalue weighted by molar-refractivity contribution is 0.594. The predicted molar refractivity (Wildman–Crippen MR) is 91.9 cm³/mol. The molecule has 0 heterocycles. The average Bonchev–Trinajstić information content (AvgIpc) is 2.52. The summed E-state index contributed by atoms with van der Waals surface area (Å²) in [5.41, 5.74) is 1.98. The van der Waals surface area contributed by atoms with Crippen LogP contribution in [0.5, 0.6) is 0 Å². The van der Waals surface area contributed by atoms with E-state index in [0.717, 1.165) is 24.8 Å². The minimum absolute atomic E-state index is 0.0506. The van der Waals surface area contributed by atoms with Gasteiger partial charge in [-0.1, -0.05) is 6.07 Å². The van der Waals surface area contributed by atoms with Gasteiger partial charge < -0.3 is 4.90 Å². The van der Waals surface area contributed by atoms with Gasteiger partial charge in [0.1, 0.15) is 5.82 Å². The molecule has 0 aliphatic carbocycles. The molecule has 0 atom stereocenters. The number of benzene rings is 2. The van der Waals surface area contributed by atoms with Crippen molar-refractivity contribution in [3.05, 3.63) is 53.8 Å². The summed E-state index contributed by atoms with van der Waals surface area (Å²) in [7, 11) is -3.81. The predicted octanol–water partition coefficient (Wildman–Crippen LogP) is 3.78. The van der Waals surface area contributed by atoms with Crippen LogP contribution in [0.4, 0.5) is 15.8 Å². The van der Waals surface area contributed by atoms with Crippen LogP contribution in [0.2, 0.25) is 0 Å². The van der Waals surface area contributed by atoms with Crippen molar-refractivity contribution in [2.75, 3.05) is 22.7 Å². The van der Waals surface area contributed by atoms with Crippen LogP contribution in [0.15, 0.2) is 47.4 Å². The molecule has 6 heteroatoms. The fourth-order valence-corrected chi connectivity index (χ4v) is 3.72. The van der Waals surface area contributed by atoms with Crippen molar-refractivity contribution in [1.29, 1.82) is 0 Å². The summed E-state index contributed by atoms with van der Waals surface area (Å²) in [6.07, 6.45) is 0. The van der Waals surface area contributed by atoms with E-state index in [2.05, 4.69) is 23.5 Å². The van der Waals surface area contributed by atoms with Crippen molar-refractivity contribution in [2.45, 2.75) is 25.7 Å². The first-order chi connectivity index (χ1) is 10.9. The number of nitrogens with one attached hydrogen (secondary N) is 1. The van der Waals surface area contributed by atoms with Crippen LogP contribution in [0.3, 0.4) is 0 Å². The Morgan fingerprint density at radius 3 is 2.22 bits per heavy atom. The van der Waals surface area contributed by atoms with E-state index in [9.17, 15) is 12.8 Å². The zero-order valence-electron chi connectivity index (χ0n) is 13.5. The number of sulfonamides is 1. The van der Waals surface area contributed by atoms with Gasteiger partial charge in [0.25, 0.3) is 10.0 Å². The van der Waals surface area contributed by atoms with E-state index in [1.165, 1.54) is 12.1 Å². The van der Waals surface area contributed by atoms with Crippen LogP contribution in [-0.4, -0.2) is 21.5 Å². The molecule has 0 aromatic heterocycles. The Morgan fingerprint density at radius 1 is 1.04 bits per heavy atom. The Kier molecular flexibility index (Phi) is 5.26. The van der Waals surface area contributed by atoms with Gasteiger partial charge in [0, 0.05) is 24.5 Å². The number of hydrogen-bond donors (Lipinski definition) is 1. The van der Waals surface area contributed by atoms with E-state index in [4.69, 9.17) is 0 Å². The SMILES string of the molecule is CCN(CC)c1ccc(NS(=O)(=O)c2cc(F)ccc2C)cc1. The molecule has 4 nitrogen and oxygen atoms in total. The first kappa shape index (κ1) is 17.3. The minimum Gasteiger partial charge on any atom is -0.372 e. The molecule has 0 aliphatic rings. The van der Waals surface area contributed by atoms with Gasteiger partial charge in [0.2, 0.25) is 0 Å². The molecule has 0 fully saturated rings. The van der Waals surface area contributed by atoms with Gasteiger partial charge in [-0.2, -0.15) is 0 Å². The van der Waals surface area contributed by atoms with Gasteiger partial charge >= 0.3 is 0 Å². The highest BCUT2D eigenvalue weighted by Gasteiger charge is 2.18. The summed E-state index contributed by atoms with van der Waals surface area (Å²) in [4.78, 5) is 2.11. The molecule has 0 saturated heterocycles. The summed E-state index contributed by atoms with van der Waals surface area (Å²) in [6.45, 7) is 7.52. The van der Waals surface area contributed by atoms with E-state index >= 15 is 0 Å². The molecule has 0 unspecified atom stereocenters. The van der Waals surface area contributed by atoms with Crippen molar-refractivity contribution < 1.29 is 12.8 Å². The first-order valence-electron chi connectivity index (χ1n) is 7.51. The van der Waals surface area contributed by atoms with E-state index in [1.807, 2.05) is 12.1 Å². The van der Waals surface area contributed by atoms with Gasteiger partial charge in [-0.3, -0.25) is 4.72 Å².